The SMILES string of the molecule is Oc1ccc2ccccc2c1-c1c(O)c(CSCc2cc3ccccc3c(-c3c(O)ccc4ccccc34)c2O)cc2ccccc12. The molecule has 0 aliphatic carbocycles. The fourth-order valence-electron chi connectivity index (χ4n) is 6.83. The second kappa shape index (κ2) is 11.6. The summed E-state index contributed by atoms with van der Waals surface area (Å²) in [6, 6.07) is 42.7. The van der Waals surface area contributed by atoms with Crippen LogP contribution >= 0.6 is 11.8 Å². The predicted molar refractivity (Wildman–Crippen MR) is 195 cm³/mol. The number of hydrogen-bond acceptors (Lipinski definition) is 5. The summed E-state index contributed by atoms with van der Waals surface area (Å²) in [6.45, 7) is 0. The fraction of sp³-hybridized carbons (Fsp3) is 0.0476. The van der Waals surface area contributed by atoms with Crippen LogP contribution < -0.4 is 0 Å². The van der Waals surface area contributed by atoms with Crippen molar-refractivity contribution in [2.75, 3.05) is 0 Å². The van der Waals surface area contributed by atoms with Crippen LogP contribution in [0.3, 0.4) is 0 Å². The van der Waals surface area contributed by atoms with Gasteiger partial charge in [-0.25, -0.2) is 0 Å². The lowest BCUT2D eigenvalue weighted by Crippen LogP contribution is -1.93. The molecule has 0 aliphatic rings. The Morgan fingerprint density at radius 1 is 0.362 bits per heavy atom. The number of phenols is 4. The number of thioether (sulfide) groups is 1. The molecule has 0 heterocycles. The van der Waals surface area contributed by atoms with E-state index in [4.69, 9.17) is 0 Å². The maximum atomic E-state index is 11.8. The van der Waals surface area contributed by atoms with Gasteiger partial charge in [-0.05, 0) is 67.4 Å². The van der Waals surface area contributed by atoms with Gasteiger partial charge in [-0.15, -0.1) is 0 Å². The molecule has 228 valence electrons. The van der Waals surface area contributed by atoms with Gasteiger partial charge in [0, 0.05) is 44.9 Å². The van der Waals surface area contributed by atoms with Crippen molar-refractivity contribution >= 4 is 54.9 Å². The first-order valence-electron chi connectivity index (χ1n) is 15.5. The molecular formula is C42H30O4S. The van der Waals surface area contributed by atoms with Crippen LogP contribution in [0.2, 0.25) is 0 Å². The fourth-order valence-corrected chi connectivity index (χ4v) is 7.81. The summed E-state index contributed by atoms with van der Waals surface area (Å²) in [5.74, 6) is 1.42. The molecule has 0 atom stereocenters. The molecule has 47 heavy (non-hydrogen) atoms. The Labute approximate surface area is 275 Å². The van der Waals surface area contributed by atoms with Gasteiger partial charge in [-0.3, -0.25) is 0 Å². The van der Waals surface area contributed by atoms with Crippen molar-refractivity contribution in [1.29, 1.82) is 0 Å². The van der Waals surface area contributed by atoms with Crippen LogP contribution in [-0.2, 0) is 11.5 Å². The summed E-state index contributed by atoms with van der Waals surface area (Å²) >= 11 is 1.58. The van der Waals surface area contributed by atoms with Crippen LogP contribution in [0.4, 0.5) is 0 Å². The first-order chi connectivity index (χ1) is 23.0. The number of benzene rings is 8. The number of aromatic hydroxyl groups is 4. The van der Waals surface area contributed by atoms with Crippen LogP contribution in [0.15, 0.2) is 133 Å². The molecule has 5 heteroatoms. The monoisotopic (exact) mass is 630 g/mol. The minimum absolute atomic E-state index is 0.110. The average molecular weight is 631 g/mol. The summed E-state index contributed by atoms with van der Waals surface area (Å²) in [7, 11) is 0. The molecule has 4 N–H and O–H groups in total. The number of phenolic OH excluding ortho intramolecular Hbond substituents is 4. The molecule has 0 bridgehead atoms. The summed E-state index contributed by atoms with van der Waals surface area (Å²) < 4.78 is 0. The third-order valence-electron chi connectivity index (χ3n) is 9.03. The van der Waals surface area contributed by atoms with E-state index < -0.39 is 0 Å². The van der Waals surface area contributed by atoms with Gasteiger partial charge in [0.15, 0.2) is 0 Å². The summed E-state index contributed by atoms with van der Waals surface area (Å²) in [5.41, 5.74) is 3.91. The van der Waals surface area contributed by atoms with E-state index in [1.54, 1.807) is 23.9 Å². The van der Waals surface area contributed by atoms with Crippen LogP contribution in [0, 0.1) is 0 Å². The third kappa shape index (κ3) is 4.87. The Balaban J connectivity index is 1.22. The van der Waals surface area contributed by atoms with E-state index >= 15 is 0 Å². The van der Waals surface area contributed by atoms with Gasteiger partial charge < -0.3 is 20.4 Å². The molecule has 0 amide bonds. The second-order valence-electron chi connectivity index (χ2n) is 11.8. The Bertz CT molecular complexity index is 2330. The van der Waals surface area contributed by atoms with Gasteiger partial charge in [0.1, 0.15) is 23.0 Å². The smallest absolute Gasteiger partial charge is 0.128 e. The highest BCUT2D eigenvalue weighted by molar-refractivity contribution is 7.97. The molecule has 0 saturated heterocycles. The van der Waals surface area contributed by atoms with E-state index in [9.17, 15) is 20.4 Å². The maximum Gasteiger partial charge on any atom is 0.128 e. The van der Waals surface area contributed by atoms with Crippen LogP contribution in [0.1, 0.15) is 11.1 Å². The predicted octanol–water partition coefficient (Wildman–Crippen LogP) is 10.9. The van der Waals surface area contributed by atoms with E-state index in [0.717, 1.165) is 54.2 Å². The topological polar surface area (TPSA) is 80.9 Å². The molecule has 8 aromatic rings. The molecule has 8 aromatic carbocycles. The van der Waals surface area contributed by atoms with E-state index in [1.165, 1.54) is 0 Å². The van der Waals surface area contributed by atoms with Crippen molar-refractivity contribution < 1.29 is 20.4 Å². The van der Waals surface area contributed by atoms with Crippen molar-refractivity contribution in [2.45, 2.75) is 11.5 Å². The second-order valence-corrected chi connectivity index (χ2v) is 12.8. The minimum atomic E-state index is 0.110. The molecule has 0 radical (unpaired) electrons. The lowest BCUT2D eigenvalue weighted by Gasteiger charge is -2.18. The zero-order chi connectivity index (χ0) is 32.1. The minimum Gasteiger partial charge on any atom is -0.507 e. The average Bonchev–Trinajstić information content (AvgIpc) is 3.10. The van der Waals surface area contributed by atoms with E-state index in [1.807, 2.05) is 121 Å². The molecule has 8 rings (SSSR count). The summed E-state index contributed by atoms with van der Waals surface area (Å²) in [6.07, 6.45) is 0. The molecule has 0 unspecified atom stereocenters. The number of fused-ring (bicyclic) bond motifs is 4. The normalized spacial score (nSPS) is 11.6. The molecular weight excluding hydrogens is 601 g/mol. The number of rotatable bonds is 6. The largest absolute Gasteiger partial charge is 0.507 e. The molecule has 0 aromatic heterocycles. The van der Waals surface area contributed by atoms with Crippen molar-refractivity contribution in [3.05, 3.63) is 145 Å². The lowest BCUT2D eigenvalue weighted by molar-refractivity contribution is 0.467. The number of hydrogen-bond donors (Lipinski definition) is 4. The van der Waals surface area contributed by atoms with Crippen LogP contribution in [0.5, 0.6) is 23.0 Å². The Morgan fingerprint density at radius 2 is 0.702 bits per heavy atom. The molecule has 0 saturated carbocycles. The van der Waals surface area contributed by atoms with E-state index in [0.29, 0.717) is 33.8 Å². The quantitative estimate of drug-likeness (QED) is 0.147. The lowest BCUT2D eigenvalue weighted by atomic mass is 9.90. The van der Waals surface area contributed by atoms with Crippen molar-refractivity contribution in [3.8, 4) is 45.3 Å². The van der Waals surface area contributed by atoms with Gasteiger partial charge >= 0.3 is 0 Å². The van der Waals surface area contributed by atoms with Crippen LogP contribution in [0.25, 0.3) is 65.3 Å². The van der Waals surface area contributed by atoms with Crippen molar-refractivity contribution in [3.63, 3.8) is 0 Å². The van der Waals surface area contributed by atoms with Crippen LogP contribution in [-0.4, -0.2) is 20.4 Å². The molecule has 4 nitrogen and oxygen atoms in total. The third-order valence-corrected chi connectivity index (χ3v) is 10.1. The van der Waals surface area contributed by atoms with Crippen molar-refractivity contribution in [1.82, 2.24) is 0 Å². The van der Waals surface area contributed by atoms with Gasteiger partial charge in [-0.2, -0.15) is 11.8 Å². The van der Waals surface area contributed by atoms with Gasteiger partial charge in [0.05, 0.1) is 0 Å². The highest BCUT2D eigenvalue weighted by Gasteiger charge is 2.22. The van der Waals surface area contributed by atoms with E-state index in [2.05, 4.69) is 0 Å². The Hall–Kier alpha value is -5.65. The standard InChI is InChI=1S/C42H30O4S/c43-35-19-17-25-9-1-5-13-31(25)37(35)39-33-15-7-3-11-27(33)21-29(41(39)45)23-47-24-30-22-28-12-4-8-16-34(28)40(42(30)46)38-32-14-6-2-10-26(32)18-20-36(38)44/h1-22,43-46H,23-24H2. The zero-order valence-electron chi connectivity index (χ0n) is 25.3. The first kappa shape index (κ1) is 28.8. The Morgan fingerprint density at radius 3 is 1.11 bits per heavy atom. The highest BCUT2D eigenvalue weighted by atomic mass is 32.2. The molecule has 0 fully saturated rings. The van der Waals surface area contributed by atoms with Crippen molar-refractivity contribution in [2.24, 2.45) is 0 Å². The van der Waals surface area contributed by atoms with Gasteiger partial charge in [0.2, 0.25) is 0 Å². The highest BCUT2D eigenvalue weighted by Crippen LogP contribution is 2.49. The zero-order valence-corrected chi connectivity index (χ0v) is 26.1. The van der Waals surface area contributed by atoms with Gasteiger partial charge in [0.25, 0.3) is 0 Å². The summed E-state index contributed by atoms with van der Waals surface area (Å²) in [4.78, 5) is 0. The van der Waals surface area contributed by atoms with E-state index in [-0.39, 0.29) is 23.0 Å². The first-order valence-corrected chi connectivity index (χ1v) is 16.6. The Kier molecular flexibility index (Phi) is 7.12. The molecule has 0 spiro atoms. The summed E-state index contributed by atoms with van der Waals surface area (Å²) in [5, 5.41) is 53.2. The molecule has 0 aliphatic heterocycles. The maximum absolute atomic E-state index is 11.8. The van der Waals surface area contributed by atoms with Gasteiger partial charge in [-0.1, -0.05) is 109 Å².